The topological polar surface area (TPSA) is 66.4 Å². The predicted molar refractivity (Wildman–Crippen MR) is 77.2 cm³/mol. The molecule has 0 saturated carbocycles. The Labute approximate surface area is 121 Å². The van der Waals surface area contributed by atoms with Crippen LogP contribution in [0.1, 0.15) is 36.2 Å². The molecular weight excluding hydrogens is 310 g/mol. The fourth-order valence-electron chi connectivity index (χ4n) is 1.78. The van der Waals surface area contributed by atoms with Crippen LogP contribution >= 0.6 is 15.9 Å². The van der Waals surface area contributed by atoms with Gasteiger partial charge in [-0.2, -0.15) is 0 Å². The molecule has 1 amide bonds. The predicted octanol–water partition coefficient (Wildman–Crippen LogP) is 2.99. The molecule has 5 heteroatoms. The molecule has 0 heterocycles. The molecule has 0 aliphatic heterocycles. The van der Waals surface area contributed by atoms with E-state index in [1.165, 1.54) is 0 Å². The van der Waals surface area contributed by atoms with Gasteiger partial charge in [-0.3, -0.25) is 4.79 Å². The Hall–Kier alpha value is -1.36. The van der Waals surface area contributed by atoms with Gasteiger partial charge in [-0.15, -0.1) is 0 Å². The quantitative estimate of drug-likeness (QED) is 0.873. The average molecular weight is 328 g/mol. The van der Waals surface area contributed by atoms with Crippen LogP contribution in [-0.4, -0.2) is 23.0 Å². The van der Waals surface area contributed by atoms with Crippen LogP contribution in [0.3, 0.4) is 0 Å². The van der Waals surface area contributed by atoms with Crippen LogP contribution in [0.5, 0.6) is 0 Å². The van der Waals surface area contributed by atoms with Gasteiger partial charge in [0.15, 0.2) is 0 Å². The van der Waals surface area contributed by atoms with Gasteiger partial charge < -0.3 is 10.4 Å². The van der Waals surface area contributed by atoms with Crippen molar-refractivity contribution in [2.24, 2.45) is 5.92 Å². The van der Waals surface area contributed by atoms with E-state index in [9.17, 15) is 9.59 Å². The standard InChI is InChI=1S/C14H18BrNO3/c1-8(2)7-12(14(18)19)16-13(17)10-5-4-6-11(15)9(10)3/h4-6,8,12H,7H2,1-3H3,(H,16,17)(H,18,19)/t12-/m0/s1. The lowest BCUT2D eigenvalue weighted by Gasteiger charge is -2.17. The molecule has 0 saturated heterocycles. The van der Waals surface area contributed by atoms with Gasteiger partial charge in [-0.05, 0) is 37.0 Å². The second-order valence-corrected chi connectivity index (χ2v) is 5.76. The molecule has 0 unspecified atom stereocenters. The van der Waals surface area contributed by atoms with Crippen LogP contribution in [0.15, 0.2) is 22.7 Å². The summed E-state index contributed by atoms with van der Waals surface area (Å²) in [5.41, 5.74) is 1.29. The number of benzene rings is 1. The highest BCUT2D eigenvalue weighted by Gasteiger charge is 2.22. The summed E-state index contributed by atoms with van der Waals surface area (Å²) in [7, 11) is 0. The summed E-state index contributed by atoms with van der Waals surface area (Å²) in [6.45, 7) is 5.66. The normalized spacial score (nSPS) is 12.3. The van der Waals surface area contributed by atoms with E-state index >= 15 is 0 Å². The highest BCUT2D eigenvalue weighted by atomic mass is 79.9. The maximum atomic E-state index is 12.1. The van der Waals surface area contributed by atoms with E-state index in [1.807, 2.05) is 26.8 Å². The molecule has 2 N–H and O–H groups in total. The van der Waals surface area contributed by atoms with Gasteiger partial charge in [0.05, 0.1) is 0 Å². The second-order valence-electron chi connectivity index (χ2n) is 4.91. The summed E-state index contributed by atoms with van der Waals surface area (Å²) in [6.07, 6.45) is 0.411. The summed E-state index contributed by atoms with van der Waals surface area (Å²) in [6, 6.07) is 4.42. The molecule has 1 atom stereocenters. The van der Waals surface area contributed by atoms with Crippen molar-refractivity contribution in [3.63, 3.8) is 0 Å². The molecule has 0 radical (unpaired) electrons. The Morgan fingerprint density at radius 3 is 2.53 bits per heavy atom. The minimum atomic E-state index is -1.00. The lowest BCUT2D eigenvalue weighted by atomic mass is 10.0. The highest BCUT2D eigenvalue weighted by Crippen LogP contribution is 2.19. The van der Waals surface area contributed by atoms with Crippen LogP contribution in [0.2, 0.25) is 0 Å². The third-order valence-corrected chi connectivity index (χ3v) is 3.68. The number of carboxylic acids is 1. The van der Waals surface area contributed by atoms with E-state index < -0.39 is 12.0 Å². The first-order valence-corrected chi connectivity index (χ1v) is 6.91. The first-order valence-electron chi connectivity index (χ1n) is 6.11. The Morgan fingerprint density at radius 1 is 1.37 bits per heavy atom. The number of nitrogens with one attached hydrogen (secondary N) is 1. The number of hydrogen-bond acceptors (Lipinski definition) is 2. The second kappa shape index (κ2) is 6.70. The van der Waals surface area contributed by atoms with Crippen molar-refractivity contribution in [1.29, 1.82) is 0 Å². The van der Waals surface area contributed by atoms with Crippen molar-refractivity contribution >= 4 is 27.8 Å². The fraction of sp³-hybridized carbons (Fsp3) is 0.429. The zero-order valence-electron chi connectivity index (χ0n) is 11.2. The minimum Gasteiger partial charge on any atom is -0.480 e. The van der Waals surface area contributed by atoms with E-state index in [1.54, 1.807) is 12.1 Å². The molecular formula is C14H18BrNO3. The number of hydrogen-bond donors (Lipinski definition) is 2. The number of halogens is 1. The molecule has 0 aliphatic carbocycles. The van der Waals surface area contributed by atoms with Crippen LogP contribution in [0, 0.1) is 12.8 Å². The SMILES string of the molecule is Cc1c(Br)cccc1C(=O)N[C@@H](CC(C)C)C(=O)O. The van der Waals surface area contributed by atoms with Crippen molar-refractivity contribution < 1.29 is 14.7 Å². The van der Waals surface area contributed by atoms with Crippen molar-refractivity contribution in [1.82, 2.24) is 5.32 Å². The third-order valence-electron chi connectivity index (χ3n) is 2.82. The summed E-state index contributed by atoms with van der Waals surface area (Å²) >= 11 is 3.35. The Kier molecular flexibility index (Phi) is 5.54. The molecule has 0 bridgehead atoms. The fourth-order valence-corrected chi connectivity index (χ4v) is 2.15. The Balaban J connectivity index is 2.88. The largest absolute Gasteiger partial charge is 0.480 e. The van der Waals surface area contributed by atoms with Gasteiger partial charge in [-0.25, -0.2) is 4.79 Å². The van der Waals surface area contributed by atoms with E-state index in [0.717, 1.165) is 10.0 Å². The summed E-state index contributed by atoms with van der Waals surface area (Å²) in [5, 5.41) is 11.7. The smallest absolute Gasteiger partial charge is 0.326 e. The average Bonchev–Trinajstić information content (AvgIpc) is 2.31. The molecule has 1 aromatic carbocycles. The van der Waals surface area contributed by atoms with Crippen LogP contribution in [0.4, 0.5) is 0 Å². The lowest BCUT2D eigenvalue weighted by molar-refractivity contribution is -0.139. The molecule has 1 aromatic rings. The molecule has 0 spiro atoms. The van der Waals surface area contributed by atoms with E-state index in [4.69, 9.17) is 5.11 Å². The zero-order chi connectivity index (χ0) is 14.6. The summed E-state index contributed by atoms with van der Waals surface area (Å²) in [4.78, 5) is 23.2. The summed E-state index contributed by atoms with van der Waals surface area (Å²) < 4.78 is 0.830. The van der Waals surface area contributed by atoms with E-state index in [2.05, 4.69) is 21.2 Å². The van der Waals surface area contributed by atoms with Crippen molar-refractivity contribution in [2.75, 3.05) is 0 Å². The number of carboxylic acid groups (broad SMARTS) is 1. The molecule has 0 fully saturated rings. The number of carbonyl (C=O) groups excluding carboxylic acids is 1. The highest BCUT2D eigenvalue weighted by molar-refractivity contribution is 9.10. The van der Waals surface area contributed by atoms with Gasteiger partial charge in [-0.1, -0.05) is 35.8 Å². The molecule has 1 rings (SSSR count). The molecule has 104 valence electrons. The molecule has 0 aliphatic rings. The van der Waals surface area contributed by atoms with Crippen LogP contribution < -0.4 is 5.32 Å². The number of aliphatic carboxylic acids is 1. The minimum absolute atomic E-state index is 0.199. The Morgan fingerprint density at radius 2 is 2.00 bits per heavy atom. The van der Waals surface area contributed by atoms with E-state index in [0.29, 0.717) is 12.0 Å². The molecule has 4 nitrogen and oxygen atoms in total. The number of rotatable bonds is 5. The number of amides is 1. The van der Waals surface area contributed by atoms with Gasteiger partial charge in [0, 0.05) is 10.0 Å². The van der Waals surface area contributed by atoms with Crippen molar-refractivity contribution in [3.05, 3.63) is 33.8 Å². The Bertz CT molecular complexity index is 486. The van der Waals surface area contributed by atoms with Gasteiger partial charge in [0.25, 0.3) is 5.91 Å². The van der Waals surface area contributed by atoms with Crippen molar-refractivity contribution in [3.8, 4) is 0 Å². The monoisotopic (exact) mass is 327 g/mol. The molecule has 0 aromatic heterocycles. The van der Waals surface area contributed by atoms with Gasteiger partial charge >= 0.3 is 5.97 Å². The van der Waals surface area contributed by atoms with Crippen molar-refractivity contribution in [2.45, 2.75) is 33.2 Å². The third kappa shape index (κ3) is 4.35. The maximum Gasteiger partial charge on any atom is 0.326 e. The zero-order valence-corrected chi connectivity index (χ0v) is 12.8. The lowest BCUT2D eigenvalue weighted by Crippen LogP contribution is -2.41. The van der Waals surface area contributed by atoms with E-state index in [-0.39, 0.29) is 11.8 Å². The maximum absolute atomic E-state index is 12.1. The van der Waals surface area contributed by atoms with Crippen LogP contribution in [-0.2, 0) is 4.79 Å². The van der Waals surface area contributed by atoms with Crippen LogP contribution in [0.25, 0.3) is 0 Å². The first-order chi connectivity index (χ1) is 8.82. The van der Waals surface area contributed by atoms with Gasteiger partial charge in [0.2, 0.25) is 0 Å². The summed E-state index contributed by atoms with van der Waals surface area (Å²) in [5.74, 6) is -1.16. The first kappa shape index (κ1) is 15.7. The number of carbonyl (C=O) groups is 2. The van der Waals surface area contributed by atoms with Gasteiger partial charge in [0.1, 0.15) is 6.04 Å². The molecule has 19 heavy (non-hydrogen) atoms.